The van der Waals surface area contributed by atoms with Crippen molar-refractivity contribution in [2.75, 3.05) is 11.9 Å². The molecule has 1 aliphatic heterocycles. The Kier molecular flexibility index (Phi) is 1.53. The summed E-state index contributed by atoms with van der Waals surface area (Å²) in [6.07, 6.45) is 4.64. The molecule has 4 nitrogen and oxygen atoms in total. The number of anilines is 1. The number of hydrogen-bond acceptors (Lipinski definition) is 3. The molecule has 0 spiro atoms. The van der Waals surface area contributed by atoms with Crippen molar-refractivity contribution in [2.24, 2.45) is 0 Å². The van der Waals surface area contributed by atoms with Gasteiger partial charge in [0.15, 0.2) is 5.82 Å². The molecule has 0 atom stereocenters. The highest BCUT2D eigenvalue weighted by Gasteiger charge is 2.18. The van der Waals surface area contributed by atoms with Crippen molar-refractivity contribution in [1.82, 2.24) is 15.2 Å². The number of aromatic nitrogens is 3. The highest BCUT2D eigenvalue weighted by atomic mass is 15.2. The lowest BCUT2D eigenvalue weighted by molar-refractivity contribution is 1.04. The van der Waals surface area contributed by atoms with Crippen molar-refractivity contribution in [3.8, 4) is 11.3 Å². The van der Waals surface area contributed by atoms with E-state index < -0.39 is 0 Å². The molecule has 70 valence electrons. The van der Waals surface area contributed by atoms with E-state index in [0.29, 0.717) is 0 Å². The van der Waals surface area contributed by atoms with Crippen LogP contribution in [0.2, 0.25) is 0 Å². The van der Waals surface area contributed by atoms with Gasteiger partial charge in [-0.3, -0.25) is 10.1 Å². The Hall–Kier alpha value is -1.84. The molecule has 0 saturated heterocycles. The van der Waals surface area contributed by atoms with Crippen LogP contribution in [0.4, 0.5) is 5.82 Å². The molecule has 0 radical (unpaired) electrons. The normalized spacial score (nSPS) is 13.7. The monoisotopic (exact) mass is 186 g/mol. The smallest absolute Gasteiger partial charge is 0.151 e. The number of pyridine rings is 1. The summed E-state index contributed by atoms with van der Waals surface area (Å²) in [6.45, 7) is 0.991. The first kappa shape index (κ1) is 7.55. The predicted octanol–water partition coefficient (Wildman–Crippen LogP) is 1.44. The Bertz CT molecular complexity index is 446. The van der Waals surface area contributed by atoms with Crippen molar-refractivity contribution in [1.29, 1.82) is 0 Å². The standard InChI is InChI=1S/C10H10N4/c1-4-11-5-2-7(1)9-8-3-6-12-10(8)14-13-9/h1-2,4-5H,3,6H2,(H2,12,13,14). The van der Waals surface area contributed by atoms with Crippen LogP contribution in [-0.4, -0.2) is 21.7 Å². The summed E-state index contributed by atoms with van der Waals surface area (Å²) in [6, 6.07) is 3.98. The largest absolute Gasteiger partial charge is 0.368 e. The van der Waals surface area contributed by atoms with Gasteiger partial charge in [0, 0.05) is 30.1 Å². The van der Waals surface area contributed by atoms with Gasteiger partial charge in [-0.05, 0) is 18.6 Å². The number of nitrogens with one attached hydrogen (secondary N) is 2. The average Bonchev–Trinajstić information content (AvgIpc) is 2.79. The van der Waals surface area contributed by atoms with Gasteiger partial charge in [0.05, 0.1) is 5.69 Å². The third-order valence-corrected chi connectivity index (χ3v) is 2.50. The molecule has 1 aliphatic rings. The molecule has 0 fully saturated rings. The highest BCUT2D eigenvalue weighted by molar-refractivity contribution is 5.70. The van der Waals surface area contributed by atoms with Gasteiger partial charge in [-0.15, -0.1) is 0 Å². The molecule has 0 unspecified atom stereocenters. The van der Waals surface area contributed by atoms with Crippen molar-refractivity contribution in [2.45, 2.75) is 6.42 Å². The molecular formula is C10H10N4. The molecule has 0 amide bonds. The average molecular weight is 186 g/mol. The maximum atomic E-state index is 4.22. The van der Waals surface area contributed by atoms with Crippen LogP contribution in [0.15, 0.2) is 24.5 Å². The zero-order valence-electron chi connectivity index (χ0n) is 7.62. The van der Waals surface area contributed by atoms with E-state index in [1.165, 1.54) is 5.56 Å². The van der Waals surface area contributed by atoms with E-state index >= 15 is 0 Å². The summed E-state index contributed by atoms with van der Waals surface area (Å²) in [5.74, 6) is 0.997. The van der Waals surface area contributed by atoms with Gasteiger partial charge < -0.3 is 5.32 Å². The molecule has 3 rings (SSSR count). The quantitative estimate of drug-likeness (QED) is 0.708. The molecule has 14 heavy (non-hydrogen) atoms. The second kappa shape index (κ2) is 2.83. The third kappa shape index (κ3) is 1.00. The number of rotatable bonds is 1. The van der Waals surface area contributed by atoms with Crippen LogP contribution in [0.25, 0.3) is 11.3 Å². The van der Waals surface area contributed by atoms with E-state index in [2.05, 4.69) is 20.5 Å². The summed E-state index contributed by atoms with van der Waals surface area (Å²) in [7, 11) is 0. The van der Waals surface area contributed by atoms with Crippen LogP contribution in [0, 0.1) is 0 Å². The van der Waals surface area contributed by atoms with Gasteiger partial charge in [-0.2, -0.15) is 5.10 Å². The zero-order chi connectivity index (χ0) is 9.38. The summed E-state index contributed by atoms with van der Waals surface area (Å²) in [5, 5.41) is 10.5. The van der Waals surface area contributed by atoms with E-state index in [1.54, 1.807) is 12.4 Å². The van der Waals surface area contributed by atoms with E-state index in [4.69, 9.17) is 0 Å². The fourth-order valence-electron chi connectivity index (χ4n) is 1.82. The van der Waals surface area contributed by atoms with E-state index in [1.807, 2.05) is 12.1 Å². The van der Waals surface area contributed by atoms with Crippen molar-refractivity contribution in [3.05, 3.63) is 30.1 Å². The number of nitrogens with zero attached hydrogens (tertiary/aromatic N) is 2. The minimum Gasteiger partial charge on any atom is -0.368 e. The summed E-state index contributed by atoms with van der Waals surface area (Å²) in [4.78, 5) is 4.00. The van der Waals surface area contributed by atoms with Gasteiger partial charge in [0.1, 0.15) is 0 Å². The SMILES string of the molecule is c1cc(-c2[nH]nc3c2CCN3)ccn1. The molecule has 2 aromatic heterocycles. The number of aromatic amines is 1. The highest BCUT2D eigenvalue weighted by Crippen LogP contribution is 2.29. The second-order valence-electron chi connectivity index (χ2n) is 3.34. The van der Waals surface area contributed by atoms with E-state index in [9.17, 15) is 0 Å². The van der Waals surface area contributed by atoms with E-state index in [-0.39, 0.29) is 0 Å². The van der Waals surface area contributed by atoms with Gasteiger partial charge in [0.25, 0.3) is 0 Å². The van der Waals surface area contributed by atoms with Gasteiger partial charge in [0.2, 0.25) is 0 Å². The number of hydrogen-bond donors (Lipinski definition) is 2. The molecule has 0 saturated carbocycles. The fraction of sp³-hybridized carbons (Fsp3) is 0.200. The maximum absolute atomic E-state index is 4.22. The molecule has 0 aliphatic carbocycles. The van der Waals surface area contributed by atoms with Crippen LogP contribution in [-0.2, 0) is 6.42 Å². The zero-order valence-corrected chi connectivity index (χ0v) is 7.62. The molecule has 2 N–H and O–H groups in total. The van der Waals surface area contributed by atoms with Gasteiger partial charge in [-0.1, -0.05) is 0 Å². The second-order valence-corrected chi connectivity index (χ2v) is 3.34. The van der Waals surface area contributed by atoms with E-state index in [0.717, 1.165) is 30.0 Å². The van der Waals surface area contributed by atoms with Crippen LogP contribution < -0.4 is 5.32 Å². The molecule has 2 aromatic rings. The fourth-order valence-corrected chi connectivity index (χ4v) is 1.82. The maximum Gasteiger partial charge on any atom is 0.151 e. The number of H-pyrrole nitrogens is 1. The molecule has 4 heteroatoms. The molecule has 0 bridgehead atoms. The Morgan fingerprint density at radius 2 is 2.07 bits per heavy atom. The van der Waals surface area contributed by atoms with Crippen LogP contribution in [0.3, 0.4) is 0 Å². The summed E-state index contributed by atoms with van der Waals surface area (Å²) >= 11 is 0. The van der Waals surface area contributed by atoms with Gasteiger partial charge in [-0.25, -0.2) is 0 Å². The Morgan fingerprint density at radius 1 is 1.21 bits per heavy atom. The lowest BCUT2D eigenvalue weighted by atomic mass is 10.1. The Labute approximate surface area is 81.4 Å². The minimum atomic E-state index is 0.991. The Balaban J connectivity index is 2.13. The first-order valence-corrected chi connectivity index (χ1v) is 4.66. The summed E-state index contributed by atoms with van der Waals surface area (Å²) in [5.41, 5.74) is 3.56. The third-order valence-electron chi connectivity index (χ3n) is 2.50. The molecular weight excluding hydrogens is 176 g/mol. The Morgan fingerprint density at radius 3 is 2.93 bits per heavy atom. The van der Waals surface area contributed by atoms with Crippen LogP contribution in [0.5, 0.6) is 0 Å². The molecule has 3 heterocycles. The lowest BCUT2D eigenvalue weighted by Gasteiger charge is -1.98. The number of fused-ring (bicyclic) bond motifs is 1. The van der Waals surface area contributed by atoms with Crippen LogP contribution in [0.1, 0.15) is 5.56 Å². The van der Waals surface area contributed by atoms with Crippen molar-refractivity contribution < 1.29 is 0 Å². The molecule has 0 aromatic carbocycles. The van der Waals surface area contributed by atoms with Gasteiger partial charge >= 0.3 is 0 Å². The first-order chi connectivity index (χ1) is 6.95. The minimum absolute atomic E-state index is 0.991. The topological polar surface area (TPSA) is 53.6 Å². The van der Waals surface area contributed by atoms with Crippen molar-refractivity contribution in [3.63, 3.8) is 0 Å². The first-order valence-electron chi connectivity index (χ1n) is 4.66. The predicted molar refractivity (Wildman–Crippen MR) is 54.0 cm³/mol. The lowest BCUT2D eigenvalue weighted by Crippen LogP contribution is -1.94. The van der Waals surface area contributed by atoms with Crippen LogP contribution >= 0.6 is 0 Å². The van der Waals surface area contributed by atoms with Crippen molar-refractivity contribution >= 4 is 5.82 Å². The summed E-state index contributed by atoms with van der Waals surface area (Å²) < 4.78 is 0.